The highest BCUT2D eigenvalue weighted by Crippen LogP contribution is 2.33. The van der Waals surface area contributed by atoms with Gasteiger partial charge in [-0.3, -0.25) is 14.6 Å². The lowest BCUT2D eigenvalue weighted by atomic mass is 9.95. The molecule has 8 heteroatoms. The minimum Gasteiger partial charge on any atom is -0.341 e. The number of nitrogens with zero attached hydrogens (tertiary/aromatic N) is 5. The monoisotopic (exact) mass is 357 g/mol. The van der Waals surface area contributed by atoms with E-state index >= 15 is 0 Å². The van der Waals surface area contributed by atoms with Crippen molar-refractivity contribution in [1.82, 2.24) is 20.0 Å². The molecule has 2 fully saturated rings. The molecule has 1 unspecified atom stereocenters. The number of hydrogen-bond acceptors (Lipinski definition) is 6. The first-order chi connectivity index (χ1) is 12.7. The molecule has 0 saturated carbocycles. The summed E-state index contributed by atoms with van der Waals surface area (Å²) < 4.78 is 13.5. The van der Waals surface area contributed by atoms with Gasteiger partial charge in [0.05, 0.1) is 18.8 Å². The van der Waals surface area contributed by atoms with Crippen molar-refractivity contribution in [1.29, 1.82) is 0 Å². The molecule has 136 valence electrons. The van der Waals surface area contributed by atoms with E-state index in [2.05, 4.69) is 19.9 Å². The van der Waals surface area contributed by atoms with E-state index in [4.69, 9.17) is 4.84 Å². The molecule has 4 heterocycles. The molecule has 0 spiro atoms. The van der Waals surface area contributed by atoms with Crippen molar-refractivity contribution >= 4 is 11.9 Å². The van der Waals surface area contributed by atoms with Gasteiger partial charge in [-0.05, 0) is 30.5 Å². The van der Waals surface area contributed by atoms with E-state index in [1.165, 1.54) is 11.1 Å². The number of carbonyl (C=O) groups is 1. The normalized spacial score (nSPS) is 21.2. The Bertz CT molecular complexity index is 767. The standard InChI is InChI=1S/C18H20FN5O2/c19-15-10-14(11-20-12-15)16-4-9-26-24(16)17(25)13-2-7-23(8-3-13)18-21-5-1-6-22-18/h1,5-6,10-13,16H,2-4,7-9H2. The summed E-state index contributed by atoms with van der Waals surface area (Å²) >= 11 is 0. The second-order valence-electron chi connectivity index (χ2n) is 6.55. The highest BCUT2D eigenvalue weighted by molar-refractivity contribution is 5.78. The van der Waals surface area contributed by atoms with Crippen LogP contribution in [0.5, 0.6) is 0 Å². The molecular formula is C18H20FN5O2. The molecule has 0 N–H and O–H groups in total. The second-order valence-corrected chi connectivity index (χ2v) is 6.55. The molecule has 2 aromatic heterocycles. The van der Waals surface area contributed by atoms with Crippen LogP contribution in [-0.2, 0) is 9.63 Å². The summed E-state index contributed by atoms with van der Waals surface area (Å²) in [5.41, 5.74) is 0.672. The number of amides is 1. The number of rotatable bonds is 3. The maximum atomic E-state index is 13.5. The lowest BCUT2D eigenvalue weighted by Gasteiger charge is -2.33. The van der Waals surface area contributed by atoms with Crippen LogP contribution in [0.3, 0.4) is 0 Å². The number of piperidine rings is 1. The molecule has 2 aliphatic rings. The van der Waals surface area contributed by atoms with Gasteiger partial charge in [0.25, 0.3) is 0 Å². The summed E-state index contributed by atoms with van der Waals surface area (Å²) in [4.78, 5) is 33.0. The van der Waals surface area contributed by atoms with Gasteiger partial charge in [-0.25, -0.2) is 19.4 Å². The molecule has 4 rings (SSSR count). The molecule has 2 aliphatic heterocycles. The average Bonchev–Trinajstić information content (AvgIpc) is 3.18. The minimum absolute atomic E-state index is 0.0367. The number of hydrogen-bond donors (Lipinski definition) is 0. The SMILES string of the molecule is O=C(C1CCN(c2ncccn2)CC1)N1OCCC1c1cncc(F)c1. The molecule has 1 atom stereocenters. The van der Waals surface area contributed by atoms with Crippen LogP contribution in [0, 0.1) is 11.7 Å². The van der Waals surface area contributed by atoms with Gasteiger partial charge in [-0.2, -0.15) is 0 Å². The van der Waals surface area contributed by atoms with Gasteiger partial charge < -0.3 is 4.90 Å². The van der Waals surface area contributed by atoms with Crippen molar-refractivity contribution < 1.29 is 14.0 Å². The molecule has 0 aromatic carbocycles. The smallest absolute Gasteiger partial charge is 0.249 e. The van der Waals surface area contributed by atoms with E-state index in [9.17, 15) is 9.18 Å². The highest BCUT2D eigenvalue weighted by Gasteiger charge is 2.37. The summed E-state index contributed by atoms with van der Waals surface area (Å²) in [7, 11) is 0. The number of pyridine rings is 1. The third-order valence-corrected chi connectivity index (χ3v) is 4.91. The summed E-state index contributed by atoms with van der Waals surface area (Å²) in [6.07, 6.45) is 8.26. The van der Waals surface area contributed by atoms with Crippen LogP contribution in [0.15, 0.2) is 36.9 Å². The maximum absolute atomic E-state index is 13.5. The van der Waals surface area contributed by atoms with Crippen LogP contribution in [0.25, 0.3) is 0 Å². The average molecular weight is 357 g/mol. The van der Waals surface area contributed by atoms with Gasteiger partial charge >= 0.3 is 0 Å². The van der Waals surface area contributed by atoms with Gasteiger partial charge in [0, 0.05) is 44.0 Å². The molecule has 0 radical (unpaired) electrons. The number of carbonyl (C=O) groups excluding carboxylic acids is 1. The van der Waals surface area contributed by atoms with E-state index in [-0.39, 0.29) is 17.9 Å². The lowest BCUT2D eigenvalue weighted by molar-refractivity contribution is -0.182. The Morgan fingerprint density at radius 1 is 1.15 bits per heavy atom. The van der Waals surface area contributed by atoms with Crippen LogP contribution in [0.2, 0.25) is 0 Å². The predicted octanol–water partition coefficient (Wildman–Crippen LogP) is 2.13. The number of hydroxylamine groups is 2. The Kier molecular flexibility index (Phi) is 4.75. The fourth-order valence-corrected chi connectivity index (χ4v) is 3.56. The third kappa shape index (κ3) is 3.37. The molecule has 26 heavy (non-hydrogen) atoms. The van der Waals surface area contributed by atoms with Crippen molar-refractivity contribution in [3.63, 3.8) is 0 Å². The molecule has 0 bridgehead atoms. The van der Waals surface area contributed by atoms with Crippen molar-refractivity contribution in [2.75, 3.05) is 24.6 Å². The van der Waals surface area contributed by atoms with Gasteiger partial charge in [0.15, 0.2) is 0 Å². The van der Waals surface area contributed by atoms with E-state index in [1.807, 2.05) is 0 Å². The fraction of sp³-hybridized carbons (Fsp3) is 0.444. The van der Waals surface area contributed by atoms with E-state index in [1.54, 1.807) is 24.7 Å². The first kappa shape index (κ1) is 16.8. The van der Waals surface area contributed by atoms with E-state index in [0.717, 1.165) is 19.3 Å². The molecule has 0 aliphatic carbocycles. The van der Waals surface area contributed by atoms with Crippen LogP contribution in [0.4, 0.5) is 10.3 Å². The van der Waals surface area contributed by atoms with Crippen LogP contribution in [-0.4, -0.2) is 45.6 Å². The number of halogens is 1. The summed E-state index contributed by atoms with van der Waals surface area (Å²) in [6.45, 7) is 1.89. The first-order valence-electron chi connectivity index (χ1n) is 8.81. The molecule has 2 saturated heterocycles. The number of anilines is 1. The zero-order valence-corrected chi connectivity index (χ0v) is 14.3. The predicted molar refractivity (Wildman–Crippen MR) is 91.3 cm³/mol. The van der Waals surface area contributed by atoms with Crippen molar-refractivity contribution in [3.8, 4) is 0 Å². The Balaban J connectivity index is 1.41. The molecule has 7 nitrogen and oxygen atoms in total. The van der Waals surface area contributed by atoms with Crippen LogP contribution >= 0.6 is 0 Å². The van der Waals surface area contributed by atoms with Gasteiger partial charge in [-0.15, -0.1) is 0 Å². The lowest BCUT2D eigenvalue weighted by Crippen LogP contribution is -2.42. The fourth-order valence-electron chi connectivity index (χ4n) is 3.56. The molecular weight excluding hydrogens is 337 g/mol. The van der Waals surface area contributed by atoms with Crippen molar-refractivity contribution in [3.05, 3.63) is 48.3 Å². The number of aromatic nitrogens is 3. The summed E-state index contributed by atoms with van der Waals surface area (Å²) in [6, 6.07) is 2.93. The summed E-state index contributed by atoms with van der Waals surface area (Å²) in [5, 5.41) is 1.43. The topological polar surface area (TPSA) is 71.5 Å². The van der Waals surface area contributed by atoms with Crippen molar-refractivity contribution in [2.24, 2.45) is 5.92 Å². The Morgan fingerprint density at radius 3 is 2.65 bits per heavy atom. The summed E-state index contributed by atoms with van der Waals surface area (Å²) in [5.74, 6) is 0.139. The van der Waals surface area contributed by atoms with E-state index < -0.39 is 5.82 Å². The molecule has 1 amide bonds. The Labute approximate surface area is 150 Å². The van der Waals surface area contributed by atoms with Gasteiger partial charge in [0.1, 0.15) is 5.82 Å². The van der Waals surface area contributed by atoms with Gasteiger partial charge in [-0.1, -0.05) is 0 Å². The van der Waals surface area contributed by atoms with Gasteiger partial charge in [0.2, 0.25) is 11.9 Å². The quantitative estimate of drug-likeness (QED) is 0.838. The minimum atomic E-state index is -0.405. The first-order valence-corrected chi connectivity index (χ1v) is 8.81. The highest BCUT2D eigenvalue weighted by atomic mass is 19.1. The van der Waals surface area contributed by atoms with E-state index in [0.29, 0.717) is 37.4 Å². The third-order valence-electron chi connectivity index (χ3n) is 4.91. The second kappa shape index (κ2) is 7.33. The Hall–Kier alpha value is -2.61. The van der Waals surface area contributed by atoms with Crippen LogP contribution in [0.1, 0.15) is 30.9 Å². The zero-order valence-electron chi connectivity index (χ0n) is 14.3. The maximum Gasteiger partial charge on any atom is 0.249 e. The van der Waals surface area contributed by atoms with Crippen molar-refractivity contribution in [2.45, 2.75) is 25.3 Å². The largest absolute Gasteiger partial charge is 0.341 e. The zero-order chi connectivity index (χ0) is 17.9. The molecule has 2 aromatic rings. The Morgan fingerprint density at radius 2 is 1.92 bits per heavy atom. The van der Waals surface area contributed by atoms with Crippen LogP contribution < -0.4 is 4.90 Å².